The molecule has 18 aliphatic rings. The summed E-state index contributed by atoms with van der Waals surface area (Å²) in [6.45, 7) is 52.1. The summed E-state index contributed by atoms with van der Waals surface area (Å²) in [6.07, 6.45) is 30.1. The topological polar surface area (TPSA) is 330 Å². The van der Waals surface area contributed by atoms with Crippen molar-refractivity contribution in [3.05, 3.63) is 0 Å². The second-order valence-electron chi connectivity index (χ2n) is 48.5. The molecule has 0 aromatic carbocycles. The molecular weight excluding hydrogens is 1650 g/mol. The molecule has 18 fully saturated rings. The summed E-state index contributed by atoms with van der Waals surface area (Å²) in [5.74, 6) is 5.74. The Morgan fingerprint density at radius 2 is 0.876 bits per heavy atom. The molecule has 19 unspecified atom stereocenters. The van der Waals surface area contributed by atoms with Crippen molar-refractivity contribution in [1.29, 1.82) is 0 Å². The average Bonchev–Trinajstić information content (AvgIpc) is 1.21. The minimum absolute atomic E-state index is 0.00636. The number of aliphatic hydroxyl groups is 2. The van der Waals surface area contributed by atoms with Crippen molar-refractivity contribution in [2.45, 2.75) is 462 Å². The van der Waals surface area contributed by atoms with Gasteiger partial charge < -0.3 is 62.3 Å². The second-order valence-corrected chi connectivity index (χ2v) is 48.5. The normalized spacial score (nSPS) is 36.7. The third kappa shape index (κ3) is 22.8. The van der Waals surface area contributed by atoms with Crippen LogP contribution in [0.1, 0.15) is 399 Å². The minimum atomic E-state index is -1.08. The van der Waals surface area contributed by atoms with Gasteiger partial charge in [0, 0.05) is 37.0 Å². The zero-order valence-corrected chi connectivity index (χ0v) is 84.4. The van der Waals surface area contributed by atoms with Crippen molar-refractivity contribution in [2.75, 3.05) is 13.2 Å². The summed E-state index contributed by atoms with van der Waals surface area (Å²) in [5, 5.41) is 21.3. The van der Waals surface area contributed by atoms with E-state index >= 15 is 0 Å². The largest absolute Gasteiger partial charge is 0.463 e. The minimum Gasteiger partial charge on any atom is -0.463 e. The highest BCUT2D eigenvalue weighted by molar-refractivity contribution is 5.86. The Labute approximate surface area is 772 Å². The summed E-state index contributed by atoms with van der Waals surface area (Å²) in [7, 11) is 0. The lowest BCUT2D eigenvalue weighted by Gasteiger charge is -2.59. The predicted octanol–water partition coefficient (Wildman–Crippen LogP) is 20.0. The molecule has 19 atom stereocenters. The molecule has 3 saturated heterocycles. The quantitative estimate of drug-likeness (QED) is 0.0487. The van der Waals surface area contributed by atoms with Crippen LogP contribution in [0, 0.1) is 121 Å². The molecular formula is C105H170O24. The van der Waals surface area contributed by atoms with Crippen LogP contribution in [-0.4, -0.2) is 152 Å². The summed E-state index contributed by atoms with van der Waals surface area (Å²) in [5.41, 5.74) is -7.21. The number of hydrogen-bond acceptors (Lipinski definition) is 24. The number of cyclic esters (lactones) is 2. The lowest BCUT2D eigenvalue weighted by Crippen LogP contribution is -2.61. The van der Waals surface area contributed by atoms with Gasteiger partial charge in [-0.2, -0.15) is 0 Å². The maximum absolute atomic E-state index is 12.7. The maximum Gasteiger partial charge on any atom is 0.350 e. The Morgan fingerprint density at radius 3 is 1.28 bits per heavy atom. The SMILES string of the molecule is CCC(C)(C)C(=O)OC1(C(C)C)CCCC1.CCC(C)(C)C(=O)OC1(C)CC(=O)OC1C.CCC(C)(C)C(=O)OC1(C)CCOC1=O.CCC(C)(C)C(=O)OC1(CC)CC2CC1C1C3CCC(C3)C21.CCC(C)(C)C(=O)OC12CC3CC(CC(O)(C3)C1)C2.CCC(C)(C)C(=O)OC12CC3CC(CC(O)(C3)C1)C2.CCC(C)(C)C(=O)OCC(=O)OC1C2CC3C(=O)OC1C3C2. The second kappa shape index (κ2) is 39.1. The van der Waals surface area contributed by atoms with E-state index in [1.165, 1.54) is 51.4 Å². The number of carbonyl (C=O) groups excluding carboxylic acids is 11. The van der Waals surface area contributed by atoms with E-state index in [0.29, 0.717) is 80.6 Å². The molecule has 14 bridgehead atoms. The van der Waals surface area contributed by atoms with E-state index in [1.807, 2.05) is 111 Å². The van der Waals surface area contributed by atoms with Crippen molar-refractivity contribution in [2.24, 2.45) is 121 Å². The fourth-order valence-electron chi connectivity index (χ4n) is 24.8. The summed E-state index contributed by atoms with van der Waals surface area (Å²) >= 11 is 0. The van der Waals surface area contributed by atoms with Crippen LogP contribution in [0.4, 0.5) is 0 Å². The highest BCUT2D eigenvalue weighted by Crippen LogP contribution is 2.71. The predicted molar refractivity (Wildman–Crippen MR) is 486 cm³/mol. The van der Waals surface area contributed by atoms with E-state index < -0.39 is 67.4 Å². The van der Waals surface area contributed by atoms with Crippen LogP contribution < -0.4 is 0 Å². The summed E-state index contributed by atoms with van der Waals surface area (Å²) < 4.78 is 60.4. The van der Waals surface area contributed by atoms with Crippen LogP contribution in [0.15, 0.2) is 0 Å². The Morgan fingerprint density at radius 1 is 0.457 bits per heavy atom. The van der Waals surface area contributed by atoms with Crippen molar-refractivity contribution in [1.82, 2.24) is 0 Å². The third-order valence-corrected chi connectivity index (χ3v) is 35.8. The molecule has 3 aliphatic heterocycles. The van der Waals surface area contributed by atoms with Gasteiger partial charge in [0.15, 0.2) is 12.2 Å². The van der Waals surface area contributed by atoms with E-state index in [9.17, 15) is 63.0 Å². The molecule has 15 saturated carbocycles. The lowest BCUT2D eigenvalue weighted by atomic mass is 9.52. The van der Waals surface area contributed by atoms with Crippen molar-refractivity contribution < 1.29 is 115 Å². The molecule has 2 N–H and O–H groups in total. The molecule has 0 spiro atoms. The first kappa shape index (κ1) is 105. The van der Waals surface area contributed by atoms with Crippen LogP contribution in [-0.2, 0) is 105 Å². The zero-order valence-electron chi connectivity index (χ0n) is 84.4. The molecule has 0 aromatic heterocycles. The van der Waals surface area contributed by atoms with E-state index in [0.717, 1.165) is 145 Å². The number of esters is 11. The Balaban J connectivity index is 0.000000157. The first-order valence-corrected chi connectivity index (χ1v) is 50.4. The fourth-order valence-corrected chi connectivity index (χ4v) is 24.8. The molecule has 0 radical (unpaired) electrons. The molecule has 24 nitrogen and oxygen atoms in total. The number of rotatable bonds is 25. The Hall–Kier alpha value is -5.91. The van der Waals surface area contributed by atoms with E-state index in [2.05, 4.69) is 27.7 Å². The van der Waals surface area contributed by atoms with E-state index in [1.54, 1.807) is 48.5 Å². The van der Waals surface area contributed by atoms with Gasteiger partial charge in [0.1, 0.15) is 40.7 Å². The van der Waals surface area contributed by atoms with Gasteiger partial charge in [-0.1, -0.05) is 69.2 Å². The lowest BCUT2D eigenvalue weighted by molar-refractivity contribution is -0.226. The number of hydrogen-bond donors (Lipinski definition) is 2. The van der Waals surface area contributed by atoms with Gasteiger partial charge in [-0.3, -0.25) is 43.2 Å². The van der Waals surface area contributed by atoms with Crippen LogP contribution in [0.25, 0.3) is 0 Å². The van der Waals surface area contributed by atoms with Gasteiger partial charge in [-0.25, -0.2) is 9.59 Å². The fraction of sp³-hybridized carbons (Fsp3) is 0.895. The highest BCUT2D eigenvalue weighted by Gasteiger charge is 2.69. The van der Waals surface area contributed by atoms with Crippen LogP contribution in [0.5, 0.6) is 0 Å². The smallest absolute Gasteiger partial charge is 0.350 e. The van der Waals surface area contributed by atoms with Gasteiger partial charge in [0.05, 0.1) is 68.1 Å². The molecule has 15 aliphatic carbocycles. The monoisotopic (exact) mass is 1820 g/mol. The molecule has 18 rings (SSSR count). The van der Waals surface area contributed by atoms with Gasteiger partial charge in [-0.15, -0.1) is 0 Å². The zero-order chi connectivity index (χ0) is 96.2. The van der Waals surface area contributed by atoms with Gasteiger partial charge >= 0.3 is 65.7 Å². The number of ether oxygens (including phenoxy) is 11. The van der Waals surface area contributed by atoms with Crippen molar-refractivity contribution >= 4 is 65.7 Å². The summed E-state index contributed by atoms with van der Waals surface area (Å²) in [6, 6.07) is 0. The van der Waals surface area contributed by atoms with Crippen molar-refractivity contribution in [3.63, 3.8) is 0 Å². The van der Waals surface area contributed by atoms with Gasteiger partial charge in [0.25, 0.3) is 0 Å². The summed E-state index contributed by atoms with van der Waals surface area (Å²) in [4.78, 5) is 131. The first-order chi connectivity index (χ1) is 59.6. The molecule has 129 heavy (non-hydrogen) atoms. The Bertz CT molecular complexity index is 3930. The number of fused-ring (bicyclic) bond motifs is 10. The van der Waals surface area contributed by atoms with E-state index in [4.69, 9.17) is 52.1 Å². The molecule has 734 valence electrons. The molecule has 0 aromatic rings. The van der Waals surface area contributed by atoms with Crippen LogP contribution >= 0.6 is 0 Å². The van der Waals surface area contributed by atoms with Crippen molar-refractivity contribution in [3.8, 4) is 0 Å². The Kier molecular flexibility index (Phi) is 31.8. The standard InChI is InChI=1S/C20H32O2.C16H22O6.2C16H26O3.C14H26O2.C12H20O4.C11H18O4/c1-5-19(3,4)18(21)22-20(6-2)11-14-10-15(20)17-13-8-7-12(9-13)16(14)17;1-4-16(2,3)15(19)20-7-11(17)21-12-8-5-9-10(6-8)14(18)22-13(9)12;2*1-4-14(2,3)13(17)19-16-8-11-5-12(9-16)7-15(18,6-11)10-16;1-6-13(4,5)12(15)16-14(11(2)3)9-7-8-10-14;1-6-11(3,4)10(14)16-12(5)7-9(13)15-8(12)2;1-5-10(2,3)8(12)15-11(4)6-7-14-9(11)13/h12-17H,5-11H2,1-4H3;8-10,12-13H,4-7H2,1-3H3;2*11-12,18H,4-10H2,1-3H3;11H,6-10H2,1-5H3;8H,6-7H2,1-5H3;5-7H2,1-4H3. The average molecular weight is 1820 g/mol. The molecule has 3 heterocycles. The van der Waals surface area contributed by atoms with Crippen LogP contribution in [0.2, 0.25) is 0 Å². The van der Waals surface area contributed by atoms with Gasteiger partial charge in [-0.05, 0) is 363 Å². The third-order valence-electron chi connectivity index (χ3n) is 35.8. The maximum atomic E-state index is 12.7. The van der Waals surface area contributed by atoms with Crippen LogP contribution in [0.3, 0.4) is 0 Å². The van der Waals surface area contributed by atoms with Gasteiger partial charge in [0.2, 0.25) is 5.60 Å². The molecule has 24 heteroatoms. The highest BCUT2D eigenvalue weighted by atomic mass is 16.6. The first-order valence-electron chi connectivity index (χ1n) is 50.4. The number of carbonyl (C=O) groups is 11. The molecule has 0 amide bonds. The van der Waals surface area contributed by atoms with E-state index in [-0.39, 0.29) is 130 Å².